The highest BCUT2D eigenvalue weighted by molar-refractivity contribution is 7.90. The van der Waals surface area contributed by atoms with Gasteiger partial charge in [-0.15, -0.1) is 4.40 Å². The Balaban J connectivity index is 1.53. The number of fused-ring (bicyclic) bond motifs is 1. The molecular weight excluding hydrogens is 350 g/mol. The summed E-state index contributed by atoms with van der Waals surface area (Å²) in [6, 6.07) is 10.4. The maximum atomic E-state index is 13.0. The van der Waals surface area contributed by atoms with Gasteiger partial charge in [0.05, 0.1) is 11.3 Å². The SMILES string of the molecule is C[C@H]1[C@H](c2ccccc2)CCN1C(=O)C1=CN2CCS(=O)(=O)N=C2C=C1. The molecule has 3 aliphatic heterocycles. The molecule has 0 bridgehead atoms. The molecule has 1 amide bonds. The molecule has 136 valence electrons. The monoisotopic (exact) mass is 371 g/mol. The molecule has 0 radical (unpaired) electrons. The fraction of sp³-hybridized carbons (Fsp3) is 0.368. The predicted molar refractivity (Wildman–Crippen MR) is 100 cm³/mol. The molecule has 1 aromatic carbocycles. The van der Waals surface area contributed by atoms with Crippen LogP contribution in [-0.4, -0.2) is 54.8 Å². The van der Waals surface area contributed by atoms with Crippen LogP contribution in [0, 0.1) is 0 Å². The molecule has 7 heteroatoms. The van der Waals surface area contributed by atoms with Crippen LogP contribution in [0.25, 0.3) is 0 Å². The molecule has 26 heavy (non-hydrogen) atoms. The van der Waals surface area contributed by atoms with Gasteiger partial charge in [-0.25, -0.2) is 8.42 Å². The first-order chi connectivity index (χ1) is 12.4. The number of hydrogen-bond acceptors (Lipinski definition) is 4. The Morgan fingerprint density at radius 1 is 1.15 bits per heavy atom. The molecule has 2 atom stereocenters. The lowest BCUT2D eigenvalue weighted by atomic mass is 9.93. The zero-order valence-electron chi connectivity index (χ0n) is 14.6. The fourth-order valence-electron chi connectivity index (χ4n) is 3.87. The van der Waals surface area contributed by atoms with Crippen molar-refractivity contribution in [2.24, 2.45) is 4.40 Å². The number of hydrogen-bond donors (Lipinski definition) is 0. The van der Waals surface area contributed by atoms with Gasteiger partial charge in [-0.3, -0.25) is 4.79 Å². The summed E-state index contributed by atoms with van der Waals surface area (Å²) < 4.78 is 27.0. The Bertz CT molecular complexity index is 919. The number of likely N-dealkylation sites (tertiary alicyclic amines) is 1. The van der Waals surface area contributed by atoms with E-state index >= 15 is 0 Å². The third-order valence-electron chi connectivity index (χ3n) is 5.31. The summed E-state index contributed by atoms with van der Waals surface area (Å²) in [5.74, 6) is 0.674. The normalized spacial score (nSPS) is 27.0. The maximum Gasteiger partial charge on any atom is 0.256 e. The van der Waals surface area contributed by atoms with Crippen molar-refractivity contribution >= 4 is 21.8 Å². The lowest BCUT2D eigenvalue weighted by Gasteiger charge is -2.30. The number of nitrogens with zero attached hydrogens (tertiary/aromatic N) is 3. The van der Waals surface area contributed by atoms with Crippen molar-refractivity contribution < 1.29 is 13.2 Å². The van der Waals surface area contributed by atoms with E-state index < -0.39 is 10.0 Å². The van der Waals surface area contributed by atoms with Crippen molar-refractivity contribution in [3.63, 3.8) is 0 Å². The largest absolute Gasteiger partial charge is 0.335 e. The Kier molecular flexibility index (Phi) is 4.19. The van der Waals surface area contributed by atoms with E-state index in [1.807, 2.05) is 23.1 Å². The summed E-state index contributed by atoms with van der Waals surface area (Å²) in [5.41, 5.74) is 1.84. The maximum absolute atomic E-state index is 13.0. The number of benzene rings is 1. The fourth-order valence-corrected chi connectivity index (χ4v) is 4.83. The number of amidine groups is 1. The molecule has 4 rings (SSSR count). The number of carbonyl (C=O) groups excluding carboxylic acids is 1. The summed E-state index contributed by atoms with van der Waals surface area (Å²) >= 11 is 0. The van der Waals surface area contributed by atoms with Crippen LogP contribution >= 0.6 is 0 Å². The molecule has 3 aliphatic rings. The Morgan fingerprint density at radius 2 is 1.92 bits per heavy atom. The Labute approximate surface area is 153 Å². The van der Waals surface area contributed by atoms with Gasteiger partial charge < -0.3 is 9.80 Å². The summed E-state index contributed by atoms with van der Waals surface area (Å²) in [6.07, 6.45) is 5.95. The van der Waals surface area contributed by atoms with Crippen molar-refractivity contribution in [2.75, 3.05) is 18.8 Å². The van der Waals surface area contributed by atoms with Crippen LogP contribution in [-0.2, 0) is 14.8 Å². The van der Waals surface area contributed by atoms with Crippen LogP contribution < -0.4 is 0 Å². The zero-order chi connectivity index (χ0) is 18.3. The van der Waals surface area contributed by atoms with Crippen LogP contribution in [0.2, 0.25) is 0 Å². The van der Waals surface area contributed by atoms with E-state index in [0.29, 0.717) is 23.9 Å². The van der Waals surface area contributed by atoms with Gasteiger partial charge in [0.2, 0.25) is 0 Å². The van der Waals surface area contributed by atoms with Gasteiger partial charge in [-0.1, -0.05) is 30.3 Å². The summed E-state index contributed by atoms with van der Waals surface area (Å²) in [4.78, 5) is 16.7. The van der Waals surface area contributed by atoms with E-state index in [0.717, 1.165) is 13.0 Å². The minimum absolute atomic E-state index is 0.0142. The van der Waals surface area contributed by atoms with Gasteiger partial charge in [0, 0.05) is 31.2 Å². The molecule has 1 fully saturated rings. The molecule has 1 aromatic rings. The van der Waals surface area contributed by atoms with Gasteiger partial charge in [0.1, 0.15) is 5.84 Å². The van der Waals surface area contributed by atoms with E-state index in [1.54, 1.807) is 23.3 Å². The summed E-state index contributed by atoms with van der Waals surface area (Å²) in [5, 5.41) is 0. The lowest BCUT2D eigenvalue weighted by Crippen LogP contribution is -2.40. The average Bonchev–Trinajstić information content (AvgIpc) is 3.02. The predicted octanol–water partition coefficient (Wildman–Crippen LogP) is 1.89. The molecular formula is C19H21N3O3S. The topological polar surface area (TPSA) is 70.1 Å². The molecule has 6 nitrogen and oxygen atoms in total. The molecule has 0 saturated carbocycles. The van der Waals surface area contributed by atoms with Crippen molar-refractivity contribution in [1.29, 1.82) is 0 Å². The zero-order valence-corrected chi connectivity index (χ0v) is 15.4. The second kappa shape index (κ2) is 6.39. The average molecular weight is 371 g/mol. The second-order valence-corrected chi connectivity index (χ2v) is 8.65. The second-order valence-electron chi connectivity index (χ2n) is 6.89. The highest BCUT2D eigenvalue weighted by atomic mass is 32.2. The highest BCUT2D eigenvalue weighted by Crippen LogP contribution is 2.34. The van der Waals surface area contributed by atoms with Gasteiger partial charge in [-0.05, 0) is 31.1 Å². The van der Waals surface area contributed by atoms with E-state index in [9.17, 15) is 13.2 Å². The third kappa shape index (κ3) is 3.07. The molecule has 0 unspecified atom stereocenters. The summed E-state index contributed by atoms with van der Waals surface area (Å²) in [6.45, 7) is 3.14. The standard InChI is InChI=1S/C19H21N3O3S/c1-14-17(15-5-3-2-4-6-15)9-10-22(14)19(23)16-7-8-18-20-26(24,25)12-11-21(18)13-16/h2-8,13-14,17H,9-12H2,1H3/t14-,17+/m0/s1. The van der Waals surface area contributed by atoms with Crippen LogP contribution in [0.1, 0.15) is 24.8 Å². The number of rotatable bonds is 2. The molecule has 1 saturated heterocycles. The van der Waals surface area contributed by atoms with Gasteiger partial charge in [0.15, 0.2) is 0 Å². The van der Waals surface area contributed by atoms with E-state index in [4.69, 9.17) is 0 Å². The van der Waals surface area contributed by atoms with Gasteiger partial charge in [-0.2, -0.15) is 0 Å². The van der Waals surface area contributed by atoms with E-state index in [-0.39, 0.29) is 17.7 Å². The molecule has 0 aromatic heterocycles. The molecule has 3 heterocycles. The molecule has 0 aliphatic carbocycles. The van der Waals surface area contributed by atoms with Gasteiger partial charge >= 0.3 is 0 Å². The Morgan fingerprint density at radius 3 is 2.69 bits per heavy atom. The lowest BCUT2D eigenvalue weighted by molar-refractivity contribution is -0.127. The van der Waals surface area contributed by atoms with Crippen LogP contribution in [0.4, 0.5) is 0 Å². The third-order valence-corrected chi connectivity index (χ3v) is 6.48. The Hall–Kier alpha value is -2.41. The first kappa shape index (κ1) is 17.0. The van der Waals surface area contributed by atoms with Crippen molar-refractivity contribution in [3.05, 3.63) is 59.8 Å². The molecule has 0 spiro atoms. The smallest absolute Gasteiger partial charge is 0.256 e. The van der Waals surface area contributed by atoms with Crippen LogP contribution in [0.15, 0.2) is 58.7 Å². The van der Waals surface area contributed by atoms with Crippen molar-refractivity contribution in [1.82, 2.24) is 9.80 Å². The number of sulfonamides is 1. The quantitative estimate of drug-likeness (QED) is 0.796. The van der Waals surface area contributed by atoms with Crippen LogP contribution in [0.3, 0.4) is 0 Å². The number of carbonyl (C=O) groups is 1. The van der Waals surface area contributed by atoms with Crippen molar-refractivity contribution in [2.45, 2.75) is 25.3 Å². The number of amides is 1. The van der Waals surface area contributed by atoms with E-state index in [2.05, 4.69) is 23.5 Å². The molecule has 0 N–H and O–H groups in total. The van der Waals surface area contributed by atoms with Gasteiger partial charge in [0.25, 0.3) is 15.9 Å². The van der Waals surface area contributed by atoms with Crippen LogP contribution in [0.5, 0.6) is 0 Å². The minimum Gasteiger partial charge on any atom is -0.335 e. The first-order valence-corrected chi connectivity index (χ1v) is 10.4. The summed E-state index contributed by atoms with van der Waals surface area (Å²) in [7, 11) is -3.38. The van der Waals surface area contributed by atoms with Crippen molar-refractivity contribution in [3.8, 4) is 0 Å². The minimum atomic E-state index is -3.38. The van der Waals surface area contributed by atoms with E-state index in [1.165, 1.54) is 5.56 Å². The first-order valence-electron chi connectivity index (χ1n) is 8.80. The highest BCUT2D eigenvalue weighted by Gasteiger charge is 2.36.